The van der Waals surface area contributed by atoms with Crippen molar-refractivity contribution in [2.24, 2.45) is 11.8 Å². The number of pyridine rings is 1. The molecule has 1 N–H and O–H groups in total. The van der Waals surface area contributed by atoms with Crippen LogP contribution >= 0.6 is 15.9 Å². The number of amides is 1. The van der Waals surface area contributed by atoms with Crippen molar-refractivity contribution in [3.63, 3.8) is 0 Å². The van der Waals surface area contributed by atoms with E-state index in [1.165, 1.54) is 25.7 Å². The Bertz CT molecular complexity index is 411. The zero-order valence-electron chi connectivity index (χ0n) is 11.4. The van der Waals surface area contributed by atoms with Gasteiger partial charge in [0.25, 0.3) is 0 Å². The molecule has 1 saturated carbocycles. The summed E-state index contributed by atoms with van der Waals surface area (Å²) >= 11 is 3.33. The van der Waals surface area contributed by atoms with Gasteiger partial charge in [-0.1, -0.05) is 19.8 Å². The van der Waals surface area contributed by atoms with Crippen molar-refractivity contribution in [1.29, 1.82) is 0 Å². The summed E-state index contributed by atoms with van der Waals surface area (Å²) < 4.78 is 0.922. The minimum atomic E-state index is 0.129. The van der Waals surface area contributed by atoms with Gasteiger partial charge in [-0.3, -0.25) is 4.79 Å². The first-order chi connectivity index (χ1) is 9.19. The van der Waals surface area contributed by atoms with Gasteiger partial charge in [0, 0.05) is 16.6 Å². The first-order valence-corrected chi connectivity index (χ1v) is 7.90. The van der Waals surface area contributed by atoms with Gasteiger partial charge in [-0.25, -0.2) is 4.98 Å². The Morgan fingerprint density at radius 3 is 2.68 bits per heavy atom. The molecule has 19 heavy (non-hydrogen) atoms. The molecule has 0 aliphatic heterocycles. The minimum Gasteiger partial charge on any atom is -0.310 e. The Hall–Kier alpha value is -0.900. The molecule has 2 rings (SSSR count). The second-order valence-corrected chi connectivity index (χ2v) is 6.27. The van der Waals surface area contributed by atoms with Crippen LogP contribution in [0.1, 0.15) is 45.4 Å². The van der Waals surface area contributed by atoms with Gasteiger partial charge >= 0.3 is 0 Å². The van der Waals surface area contributed by atoms with Crippen molar-refractivity contribution in [2.45, 2.75) is 45.4 Å². The van der Waals surface area contributed by atoms with Crippen LogP contribution in [0.2, 0.25) is 0 Å². The van der Waals surface area contributed by atoms with E-state index in [0.29, 0.717) is 5.82 Å². The topological polar surface area (TPSA) is 42.0 Å². The van der Waals surface area contributed by atoms with E-state index in [-0.39, 0.29) is 11.8 Å². The molecule has 4 heteroatoms. The summed E-state index contributed by atoms with van der Waals surface area (Å²) in [6, 6.07) is 3.71. The summed E-state index contributed by atoms with van der Waals surface area (Å²) in [7, 11) is 0. The molecular weight excluding hydrogens is 304 g/mol. The molecule has 1 aromatic rings. The highest BCUT2D eigenvalue weighted by Crippen LogP contribution is 2.32. The standard InChI is InChI=1S/C15H21BrN2O/c1-2-3-11-4-6-12(7-5-11)15(19)18-14-9-8-13(16)10-17-14/h8-12H,2-7H2,1H3,(H,17,18,19). The number of rotatable bonds is 4. The Labute approximate surface area is 123 Å². The molecule has 1 aliphatic rings. The number of aromatic nitrogens is 1. The van der Waals surface area contributed by atoms with Gasteiger partial charge in [0.1, 0.15) is 5.82 Å². The lowest BCUT2D eigenvalue weighted by Crippen LogP contribution is -2.27. The Kier molecular flexibility index (Phi) is 5.37. The van der Waals surface area contributed by atoms with Gasteiger partial charge in [-0.05, 0) is 59.7 Å². The third-order valence-electron chi connectivity index (χ3n) is 3.89. The van der Waals surface area contributed by atoms with Crippen LogP contribution in [0.15, 0.2) is 22.8 Å². The summed E-state index contributed by atoms with van der Waals surface area (Å²) in [4.78, 5) is 16.3. The summed E-state index contributed by atoms with van der Waals surface area (Å²) in [5.41, 5.74) is 0. The number of carbonyl (C=O) groups excluding carboxylic acids is 1. The Balaban J connectivity index is 1.83. The zero-order chi connectivity index (χ0) is 13.7. The first-order valence-electron chi connectivity index (χ1n) is 7.11. The molecule has 1 fully saturated rings. The molecule has 0 atom stereocenters. The van der Waals surface area contributed by atoms with E-state index in [4.69, 9.17) is 0 Å². The lowest BCUT2D eigenvalue weighted by atomic mass is 9.80. The van der Waals surface area contributed by atoms with E-state index in [1.54, 1.807) is 6.20 Å². The van der Waals surface area contributed by atoms with E-state index in [1.807, 2.05) is 12.1 Å². The molecule has 0 bridgehead atoms. The molecule has 0 unspecified atom stereocenters. The molecule has 3 nitrogen and oxygen atoms in total. The molecule has 0 aromatic carbocycles. The van der Waals surface area contributed by atoms with Crippen molar-refractivity contribution in [2.75, 3.05) is 5.32 Å². The van der Waals surface area contributed by atoms with Gasteiger partial charge in [-0.15, -0.1) is 0 Å². The summed E-state index contributed by atoms with van der Waals surface area (Å²) in [6.07, 6.45) is 8.69. The molecule has 1 heterocycles. The summed E-state index contributed by atoms with van der Waals surface area (Å²) in [6.45, 7) is 2.23. The number of nitrogens with zero attached hydrogens (tertiary/aromatic N) is 1. The van der Waals surface area contributed by atoms with Crippen LogP contribution in [0.5, 0.6) is 0 Å². The lowest BCUT2D eigenvalue weighted by Gasteiger charge is -2.27. The van der Waals surface area contributed by atoms with E-state index in [9.17, 15) is 4.79 Å². The lowest BCUT2D eigenvalue weighted by molar-refractivity contribution is -0.121. The van der Waals surface area contributed by atoms with Crippen LogP contribution in [0, 0.1) is 11.8 Å². The second-order valence-electron chi connectivity index (χ2n) is 5.36. The van der Waals surface area contributed by atoms with Crippen molar-refractivity contribution in [1.82, 2.24) is 4.98 Å². The van der Waals surface area contributed by atoms with Crippen LogP contribution in [-0.2, 0) is 4.79 Å². The summed E-state index contributed by atoms with van der Waals surface area (Å²) in [5.74, 6) is 1.77. The quantitative estimate of drug-likeness (QED) is 0.892. The maximum absolute atomic E-state index is 12.2. The molecule has 0 radical (unpaired) electrons. The van der Waals surface area contributed by atoms with Gasteiger partial charge in [-0.2, -0.15) is 0 Å². The molecule has 1 amide bonds. The van der Waals surface area contributed by atoms with Gasteiger partial charge in [0.15, 0.2) is 0 Å². The fraction of sp³-hybridized carbons (Fsp3) is 0.600. The highest BCUT2D eigenvalue weighted by Gasteiger charge is 2.25. The number of halogens is 1. The Morgan fingerprint density at radius 2 is 2.11 bits per heavy atom. The highest BCUT2D eigenvalue weighted by molar-refractivity contribution is 9.10. The smallest absolute Gasteiger partial charge is 0.228 e. The maximum atomic E-state index is 12.2. The third-order valence-corrected chi connectivity index (χ3v) is 4.36. The number of hydrogen-bond acceptors (Lipinski definition) is 2. The van der Waals surface area contributed by atoms with Gasteiger partial charge in [0.05, 0.1) is 0 Å². The van der Waals surface area contributed by atoms with Crippen LogP contribution in [0.25, 0.3) is 0 Å². The third kappa shape index (κ3) is 4.30. The average Bonchev–Trinajstić information content (AvgIpc) is 2.42. The highest BCUT2D eigenvalue weighted by atomic mass is 79.9. The van der Waals surface area contributed by atoms with Crippen LogP contribution in [0.3, 0.4) is 0 Å². The molecule has 1 aromatic heterocycles. The van der Waals surface area contributed by atoms with Crippen LogP contribution < -0.4 is 5.32 Å². The van der Waals surface area contributed by atoms with E-state index >= 15 is 0 Å². The van der Waals surface area contributed by atoms with E-state index < -0.39 is 0 Å². The van der Waals surface area contributed by atoms with E-state index in [0.717, 1.165) is 23.2 Å². The monoisotopic (exact) mass is 324 g/mol. The normalized spacial score (nSPS) is 23.1. The summed E-state index contributed by atoms with van der Waals surface area (Å²) in [5, 5.41) is 2.91. The zero-order valence-corrected chi connectivity index (χ0v) is 12.9. The average molecular weight is 325 g/mol. The number of nitrogens with one attached hydrogen (secondary N) is 1. The number of anilines is 1. The first kappa shape index (κ1) is 14.5. The predicted octanol–water partition coefficient (Wildman–Crippen LogP) is 4.39. The van der Waals surface area contributed by atoms with Crippen molar-refractivity contribution < 1.29 is 4.79 Å². The van der Waals surface area contributed by atoms with Crippen molar-refractivity contribution in [3.8, 4) is 0 Å². The molecule has 0 spiro atoms. The molecular formula is C15H21BrN2O. The molecule has 104 valence electrons. The Morgan fingerprint density at radius 1 is 1.37 bits per heavy atom. The largest absolute Gasteiger partial charge is 0.310 e. The van der Waals surface area contributed by atoms with Crippen LogP contribution in [0.4, 0.5) is 5.82 Å². The van der Waals surface area contributed by atoms with Crippen LogP contribution in [-0.4, -0.2) is 10.9 Å². The number of carbonyl (C=O) groups is 1. The minimum absolute atomic E-state index is 0.129. The molecule has 0 saturated heterocycles. The van der Waals surface area contributed by atoms with E-state index in [2.05, 4.69) is 33.2 Å². The van der Waals surface area contributed by atoms with Gasteiger partial charge < -0.3 is 5.32 Å². The van der Waals surface area contributed by atoms with Crippen molar-refractivity contribution >= 4 is 27.7 Å². The molecule has 1 aliphatic carbocycles. The second kappa shape index (κ2) is 7.04. The SMILES string of the molecule is CCCC1CCC(C(=O)Nc2ccc(Br)cn2)CC1. The number of hydrogen-bond donors (Lipinski definition) is 1. The fourth-order valence-corrected chi connectivity index (χ4v) is 3.03. The van der Waals surface area contributed by atoms with Gasteiger partial charge in [0.2, 0.25) is 5.91 Å². The predicted molar refractivity (Wildman–Crippen MR) is 80.9 cm³/mol. The van der Waals surface area contributed by atoms with Crippen molar-refractivity contribution in [3.05, 3.63) is 22.8 Å². The fourth-order valence-electron chi connectivity index (χ4n) is 2.80. The maximum Gasteiger partial charge on any atom is 0.228 e.